The number of aromatic nitrogens is 2. The van der Waals surface area contributed by atoms with Crippen LogP contribution in [0.1, 0.15) is 63.2 Å². The highest BCUT2D eigenvalue weighted by molar-refractivity contribution is 5.93. The number of aldehydes is 1. The van der Waals surface area contributed by atoms with Crippen molar-refractivity contribution in [1.82, 2.24) is 14.9 Å². The first-order chi connectivity index (χ1) is 15.6. The van der Waals surface area contributed by atoms with Gasteiger partial charge in [-0.1, -0.05) is 6.07 Å². The molecule has 0 saturated carbocycles. The SMILES string of the molecule is Cc1c(CCN2CCC3(CC2)CCN(c2cnc(C=O)cn2)CC3)ccc2c1COC2=O. The number of nitrogens with zero attached hydrogens (tertiary/aromatic N) is 4. The number of ether oxygens (including phenoxy) is 1. The largest absolute Gasteiger partial charge is 0.457 e. The molecule has 2 saturated heterocycles. The minimum absolute atomic E-state index is 0.188. The fourth-order valence-electron chi connectivity index (χ4n) is 5.46. The van der Waals surface area contributed by atoms with Gasteiger partial charge in [0, 0.05) is 25.2 Å². The van der Waals surface area contributed by atoms with Crippen LogP contribution in [0.25, 0.3) is 0 Å². The van der Waals surface area contributed by atoms with Crippen LogP contribution in [0.3, 0.4) is 0 Å². The number of carbonyl (C=O) groups is 2. The quantitative estimate of drug-likeness (QED) is 0.528. The van der Waals surface area contributed by atoms with E-state index in [2.05, 4.69) is 32.8 Å². The van der Waals surface area contributed by atoms with E-state index in [1.54, 1.807) is 12.4 Å². The Morgan fingerprint density at radius 1 is 1.06 bits per heavy atom. The van der Waals surface area contributed by atoms with Crippen molar-refractivity contribution in [3.63, 3.8) is 0 Å². The Bertz CT molecular complexity index is 1000. The van der Waals surface area contributed by atoms with E-state index in [0.29, 0.717) is 17.7 Å². The Balaban J connectivity index is 1.12. The number of benzene rings is 1. The lowest BCUT2D eigenvalue weighted by atomic mass is 9.71. The van der Waals surface area contributed by atoms with Crippen molar-refractivity contribution in [3.05, 3.63) is 52.5 Å². The Hall–Kier alpha value is -2.80. The second-order valence-electron chi connectivity index (χ2n) is 9.45. The van der Waals surface area contributed by atoms with Gasteiger partial charge >= 0.3 is 5.97 Å². The number of esters is 1. The molecule has 0 N–H and O–H groups in total. The maximum absolute atomic E-state index is 11.8. The number of rotatable bonds is 5. The Labute approximate surface area is 188 Å². The standard InChI is InChI=1S/C25H30N4O3/c1-18-19(2-3-21-22(18)17-32-24(21)31)4-9-28-10-5-25(6-11-28)7-12-29(13-8-25)23-15-26-20(16-30)14-27-23/h2-3,14-16H,4-13,17H2,1H3. The molecule has 5 rings (SSSR count). The van der Waals surface area contributed by atoms with Crippen LogP contribution in [0.4, 0.5) is 5.82 Å². The fourth-order valence-corrected chi connectivity index (χ4v) is 5.46. The van der Waals surface area contributed by atoms with E-state index in [9.17, 15) is 9.59 Å². The van der Waals surface area contributed by atoms with E-state index < -0.39 is 0 Å². The highest BCUT2D eigenvalue weighted by atomic mass is 16.5. The molecule has 1 aromatic heterocycles. The van der Waals surface area contributed by atoms with Crippen molar-refractivity contribution < 1.29 is 14.3 Å². The number of fused-ring (bicyclic) bond motifs is 1. The van der Waals surface area contributed by atoms with Gasteiger partial charge in [0.25, 0.3) is 0 Å². The molecule has 3 aliphatic heterocycles. The van der Waals surface area contributed by atoms with Gasteiger partial charge in [-0.25, -0.2) is 14.8 Å². The lowest BCUT2D eigenvalue weighted by Gasteiger charge is -2.47. The van der Waals surface area contributed by atoms with Crippen LogP contribution >= 0.6 is 0 Å². The number of hydrogen-bond donors (Lipinski definition) is 0. The van der Waals surface area contributed by atoms with Crippen molar-refractivity contribution in [3.8, 4) is 0 Å². The molecular formula is C25H30N4O3. The van der Waals surface area contributed by atoms with E-state index in [4.69, 9.17) is 4.74 Å². The van der Waals surface area contributed by atoms with Gasteiger partial charge in [-0.15, -0.1) is 0 Å². The fraction of sp³-hybridized carbons (Fsp3) is 0.520. The number of anilines is 1. The monoisotopic (exact) mass is 434 g/mol. The molecule has 4 heterocycles. The summed E-state index contributed by atoms with van der Waals surface area (Å²) < 4.78 is 5.19. The summed E-state index contributed by atoms with van der Waals surface area (Å²) in [4.78, 5) is 36.0. The normalized spacial score (nSPS) is 20.3. The highest BCUT2D eigenvalue weighted by Crippen LogP contribution is 2.42. The van der Waals surface area contributed by atoms with Crippen molar-refractivity contribution in [1.29, 1.82) is 0 Å². The van der Waals surface area contributed by atoms with Crippen molar-refractivity contribution in [2.24, 2.45) is 5.41 Å². The molecule has 168 valence electrons. The lowest BCUT2D eigenvalue weighted by molar-refractivity contribution is 0.0534. The van der Waals surface area contributed by atoms with Gasteiger partial charge in [-0.2, -0.15) is 0 Å². The van der Waals surface area contributed by atoms with E-state index in [1.807, 2.05) is 6.07 Å². The summed E-state index contributed by atoms with van der Waals surface area (Å²) in [5.41, 5.74) is 5.19. The van der Waals surface area contributed by atoms with Crippen LogP contribution in [0, 0.1) is 12.3 Å². The third-order valence-electron chi connectivity index (χ3n) is 7.82. The van der Waals surface area contributed by atoms with Gasteiger partial charge in [-0.3, -0.25) is 4.79 Å². The summed E-state index contributed by atoms with van der Waals surface area (Å²) in [5.74, 6) is 0.687. The minimum atomic E-state index is -0.188. The molecule has 0 bridgehead atoms. The van der Waals surface area contributed by atoms with E-state index >= 15 is 0 Å². The molecule has 0 amide bonds. The van der Waals surface area contributed by atoms with Crippen LogP contribution < -0.4 is 4.90 Å². The molecule has 0 aliphatic carbocycles. The molecule has 3 aliphatic rings. The molecule has 32 heavy (non-hydrogen) atoms. The molecule has 0 atom stereocenters. The second-order valence-corrected chi connectivity index (χ2v) is 9.45. The van der Waals surface area contributed by atoms with Crippen LogP contribution in [0.5, 0.6) is 0 Å². The first-order valence-corrected chi connectivity index (χ1v) is 11.6. The predicted octanol–water partition coefficient (Wildman–Crippen LogP) is 3.19. The number of hydrogen-bond acceptors (Lipinski definition) is 7. The summed E-state index contributed by atoms with van der Waals surface area (Å²) >= 11 is 0. The molecular weight excluding hydrogens is 404 g/mol. The molecule has 7 heteroatoms. The van der Waals surface area contributed by atoms with Crippen molar-refractivity contribution >= 4 is 18.1 Å². The van der Waals surface area contributed by atoms with Crippen LogP contribution in [-0.2, 0) is 17.8 Å². The number of piperidine rings is 2. The molecule has 2 aromatic rings. The molecule has 1 aromatic carbocycles. The van der Waals surface area contributed by atoms with Crippen LogP contribution in [0.2, 0.25) is 0 Å². The minimum Gasteiger partial charge on any atom is -0.457 e. The maximum atomic E-state index is 11.8. The lowest BCUT2D eigenvalue weighted by Crippen LogP contribution is -2.47. The summed E-state index contributed by atoms with van der Waals surface area (Å²) in [6, 6.07) is 4.04. The summed E-state index contributed by atoms with van der Waals surface area (Å²) in [5, 5.41) is 0. The smallest absolute Gasteiger partial charge is 0.338 e. The van der Waals surface area contributed by atoms with Crippen molar-refractivity contribution in [2.75, 3.05) is 37.6 Å². The highest BCUT2D eigenvalue weighted by Gasteiger charge is 2.37. The molecule has 2 fully saturated rings. The summed E-state index contributed by atoms with van der Waals surface area (Å²) in [7, 11) is 0. The maximum Gasteiger partial charge on any atom is 0.338 e. The third-order valence-corrected chi connectivity index (χ3v) is 7.82. The zero-order valence-electron chi connectivity index (χ0n) is 18.7. The Morgan fingerprint density at radius 2 is 1.81 bits per heavy atom. The number of likely N-dealkylation sites (tertiary alicyclic amines) is 1. The number of cyclic esters (lactones) is 1. The zero-order valence-corrected chi connectivity index (χ0v) is 18.7. The summed E-state index contributed by atoms with van der Waals surface area (Å²) in [6.07, 6.45) is 9.91. The van der Waals surface area contributed by atoms with E-state index in [0.717, 1.165) is 62.4 Å². The average Bonchev–Trinajstić information content (AvgIpc) is 3.22. The number of carbonyl (C=O) groups excluding carboxylic acids is 2. The molecule has 7 nitrogen and oxygen atoms in total. The summed E-state index contributed by atoms with van der Waals surface area (Å²) in [6.45, 7) is 7.92. The second kappa shape index (κ2) is 8.62. The van der Waals surface area contributed by atoms with E-state index in [1.165, 1.54) is 36.8 Å². The molecule has 0 radical (unpaired) electrons. The van der Waals surface area contributed by atoms with Gasteiger partial charge < -0.3 is 14.5 Å². The first kappa shape index (κ1) is 21.1. The Kier molecular flexibility index (Phi) is 5.67. The molecule has 1 spiro atoms. The van der Waals surface area contributed by atoms with Crippen molar-refractivity contribution in [2.45, 2.75) is 45.6 Å². The van der Waals surface area contributed by atoms with E-state index in [-0.39, 0.29) is 5.97 Å². The van der Waals surface area contributed by atoms with Crippen LogP contribution in [0.15, 0.2) is 24.5 Å². The molecule has 0 unspecified atom stereocenters. The van der Waals surface area contributed by atoms with Gasteiger partial charge in [0.2, 0.25) is 0 Å². The predicted molar refractivity (Wildman–Crippen MR) is 121 cm³/mol. The van der Waals surface area contributed by atoms with Gasteiger partial charge in [-0.05, 0) is 74.7 Å². The Morgan fingerprint density at radius 3 is 2.50 bits per heavy atom. The van der Waals surface area contributed by atoms with Gasteiger partial charge in [0.1, 0.15) is 18.1 Å². The average molecular weight is 435 g/mol. The van der Waals surface area contributed by atoms with Gasteiger partial charge in [0.15, 0.2) is 6.29 Å². The zero-order chi connectivity index (χ0) is 22.1. The third kappa shape index (κ3) is 4.01. The first-order valence-electron chi connectivity index (χ1n) is 11.6. The van der Waals surface area contributed by atoms with Gasteiger partial charge in [0.05, 0.1) is 18.0 Å². The topological polar surface area (TPSA) is 75.6 Å². The van der Waals surface area contributed by atoms with Crippen LogP contribution in [-0.4, -0.2) is 59.8 Å².